The standard InChI is InChI=1S/C30H32N2O4/c1-20-10-12-23(13-11-20)27-26(29(34)30(35)32(27)17-16-31(3)4)28(33)24-14-15-25(21(2)18-24)36-19-22-8-6-5-7-9-22/h5-15,18,27,33H,16-17,19H2,1-4H3/b28-26+. The van der Waals surface area contributed by atoms with Crippen molar-refractivity contribution in [3.8, 4) is 5.75 Å². The summed E-state index contributed by atoms with van der Waals surface area (Å²) in [6.07, 6.45) is 0. The van der Waals surface area contributed by atoms with Gasteiger partial charge in [0.05, 0.1) is 11.6 Å². The van der Waals surface area contributed by atoms with Crippen molar-refractivity contribution in [2.24, 2.45) is 0 Å². The fraction of sp³-hybridized carbons (Fsp3) is 0.267. The second-order valence-electron chi connectivity index (χ2n) is 9.46. The van der Waals surface area contributed by atoms with E-state index in [1.165, 1.54) is 0 Å². The van der Waals surface area contributed by atoms with Crippen molar-refractivity contribution in [3.63, 3.8) is 0 Å². The van der Waals surface area contributed by atoms with Crippen molar-refractivity contribution >= 4 is 17.4 Å². The maximum Gasteiger partial charge on any atom is 0.295 e. The highest BCUT2D eigenvalue weighted by Gasteiger charge is 2.45. The Bertz CT molecular complexity index is 1280. The van der Waals surface area contributed by atoms with Gasteiger partial charge in [-0.25, -0.2) is 0 Å². The number of Topliss-reactive ketones (excluding diaryl/α,β-unsaturated/α-hetero) is 1. The van der Waals surface area contributed by atoms with Gasteiger partial charge in [0.1, 0.15) is 18.1 Å². The minimum atomic E-state index is -0.668. The van der Waals surface area contributed by atoms with Gasteiger partial charge < -0.3 is 19.6 Å². The molecule has 6 heteroatoms. The number of rotatable bonds is 8. The number of ether oxygens (including phenoxy) is 1. The van der Waals surface area contributed by atoms with Crippen LogP contribution in [-0.4, -0.2) is 53.8 Å². The number of benzene rings is 3. The lowest BCUT2D eigenvalue weighted by Crippen LogP contribution is -2.35. The molecule has 6 nitrogen and oxygen atoms in total. The van der Waals surface area contributed by atoms with Gasteiger partial charge in [0.15, 0.2) is 0 Å². The summed E-state index contributed by atoms with van der Waals surface area (Å²) in [5.74, 6) is -0.747. The minimum absolute atomic E-state index is 0.111. The first-order valence-corrected chi connectivity index (χ1v) is 12.0. The molecule has 0 spiro atoms. The Hall–Kier alpha value is -3.90. The van der Waals surface area contributed by atoms with E-state index in [0.717, 1.165) is 22.3 Å². The van der Waals surface area contributed by atoms with Crippen LogP contribution in [0.2, 0.25) is 0 Å². The molecule has 1 saturated heterocycles. The summed E-state index contributed by atoms with van der Waals surface area (Å²) in [6.45, 7) is 5.28. The van der Waals surface area contributed by atoms with Gasteiger partial charge in [0.25, 0.3) is 11.7 Å². The molecule has 3 aromatic rings. The van der Waals surface area contributed by atoms with Gasteiger partial charge >= 0.3 is 0 Å². The van der Waals surface area contributed by atoms with E-state index < -0.39 is 17.7 Å². The molecule has 1 heterocycles. The number of nitrogens with zero attached hydrogens (tertiary/aromatic N) is 2. The number of aliphatic hydroxyl groups excluding tert-OH is 1. The van der Waals surface area contributed by atoms with E-state index in [9.17, 15) is 14.7 Å². The number of hydrogen-bond donors (Lipinski definition) is 1. The van der Waals surface area contributed by atoms with E-state index in [1.54, 1.807) is 23.1 Å². The molecule has 1 aliphatic heterocycles. The smallest absolute Gasteiger partial charge is 0.295 e. The van der Waals surface area contributed by atoms with Crippen molar-refractivity contribution in [3.05, 3.63) is 106 Å². The lowest BCUT2D eigenvalue weighted by molar-refractivity contribution is -0.140. The molecule has 1 fully saturated rings. The third kappa shape index (κ3) is 5.34. The van der Waals surface area contributed by atoms with Gasteiger partial charge in [-0.2, -0.15) is 0 Å². The topological polar surface area (TPSA) is 70.1 Å². The lowest BCUT2D eigenvalue weighted by atomic mass is 9.94. The molecule has 1 atom stereocenters. The fourth-order valence-electron chi connectivity index (χ4n) is 4.36. The number of aryl methyl sites for hydroxylation is 2. The minimum Gasteiger partial charge on any atom is -0.507 e. The van der Waals surface area contributed by atoms with Crippen LogP contribution in [0.5, 0.6) is 5.75 Å². The van der Waals surface area contributed by atoms with Gasteiger partial charge in [0.2, 0.25) is 0 Å². The Labute approximate surface area is 212 Å². The highest BCUT2D eigenvalue weighted by molar-refractivity contribution is 6.46. The first-order valence-electron chi connectivity index (χ1n) is 12.0. The van der Waals surface area contributed by atoms with Crippen molar-refractivity contribution < 1.29 is 19.4 Å². The molecule has 3 aromatic carbocycles. The molecule has 0 radical (unpaired) electrons. The largest absolute Gasteiger partial charge is 0.507 e. The van der Waals surface area contributed by atoms with Crippen LogP contribution >= 0.6 is 0 Å². The van der Waals surface area contributed by atoms with Gasteiger partial charge in [0, 0.05) is 18.7 Å². The number of amides is 1. The summed E-state index contributed by atoms with van der Waals surface area (Å²) in [6, 6.07) is 22.2. The number of likely N-dealkylation sites (N-methyl/N-ethyl adjacent to an activating group) is 1. The Morgan fingerprint density at radius 1 is 0.972 bits per heavy atom. The molecular weight excluding hydrogens is 452 g/mol. The Morgan fingerprint density at radius 2 is 1.67 bits per heavy atom. The van der Waals surface area contributed by atoms with E-state index in [2.05, 4.69) is 0 Å². The highest BCUT2D eigenvalue weighted by Crippen LogP contribution is 2.39. The van der Waals surface area contributed by atoms with E-state index in [0.29, 0.717) is 31.0 Å². The third-order valence-corrected chi connectivity index (χ3v) is 6.41. The molecule has 36 heavy (non-hydrogen) atoms. The molecule has 186 valence electrons. The van der Waals surface area contributed by atoms with Crippen LogP contribution < -0.4 is 4.74 Å². The second kappa shape index (κ2) is 10.8. The van der Waals surface area contributed by atoms with E-state index >= 15 is 0 Å². The zero-order chi connectivity index (χ0) is 25.8. The third-order valence-electron chi connectivity index (χ3n) is 6.41. The number of carbonyl (C=O) groups is 2. The molecule has 0 aromatic heterocycles. The normalized spacial score (nSPS) is 17.1. The fourth-order valence-corrected chi connectivity index (χ4v) is 4.36. The van der Waals surface area contributed by atoms with Crippen LogP contribution in [0.4, 0.5) is 0 Å². The Kier molecular flexibility index (Phi) is 7.55. The molecule has 1 unspecified atom stereocenters. The predicted octanol–water partition coefficient (Wildman–Crippen LogP) is 4.87. The maximum atomic E-state index is 13.2. The Morgan fingerprint density at radius 3 is 2.31 bits per heavy atom. The summed E-state index contributed by atoms with van der Waals surface area (Å²) in [7, 11) is 3.84. The van der Waals surface area contributed by atoms with Gasteiger partial charge in [-0.3, -0.25) is 9.59 Å². The van der Waals surface area contributed by atoms with Crippen LogP contribution in [0.3, 0.4) is 0 Å². The lowest BCUT2D eigenvalue weighted by Gasteiger charge is -2.26. The number of carbonyl (C=O) groups excluding carboxylic acids is 2. The number of aliphatic hydroxyl groups is 1. The van der Waals surface area contributed by atoms with Gasteiger partial charge in [-0.1, -0.05) is 60.2 Å². The van der Waals surface area contributed by atoms with Crippen LogP contribution in [0, 0.1) is 13.8 Å². The predicted molar refractivity (Wildman–Crippen MR) is 141 cm³/mol. The zero-order valence-electron chi connectivity index (χ0n) is 21.2. The number of likely N-dealkylation sites (tertiary alicyclic amines) is 1. The SMILES string of the molecule is Cc1ccc(C2/C(=C(\O)c3ccc(OCc4ccccc4)c(C)c3)C(=O)C(=O)N2CCN(C)C)cc1. The molecule has 0 saturated carbocycles. The number of hydrogen-bond acceptors (Lipinski definition) is 5. The Balaban J connectivity index is 1.69. The highest BCUT2D eigenvalue weighted by atomic mass is 16.5. The molecule has 0 bridgehead atoms. The van der Waals surface area contributed by atoms with E-state index in [1.807, 2.05) is 87.4 Å². The van der Waals surface area contributed by atoms with Crippen molar-refractivity contribution in [1.82, 2.24) is 9.80 Å². The van der Waals surface area contributed by atoms with Crippen LogP contribution in [0.25, 0.3) is 5.76 Å². The number of ketones is 1. The van der Waals surface area contributed by atoms with Crippen molar-refractivity contribution in [2.75, 3.05) is 27.2 Å². The van der Waals surface area contributed by atoms with Crippen LogP contribution in [0.1, 0.15) is 33.9 Å². The average molecular weight is 485 g/mol. The average Bonchev–Trinajstić information content (AvgIpc) is 3.12. The maximum absolute atomic E-state index is 13.2. The van der Waals surface area contributed by atoms with E-state index in [4.69, 9.17) is 4.74 Å². The zero-order valence-corrected chi connectivity index (χ0v) is 21.2. The summed E-state index contributed by atoms with van der Waals surface area (Å²) in [4.78, 5) is 29.8. The van der Waals surface area contributed by atoms with Gasteiger partial charge in [-0.05, 0) is 62.8 Å². The summed E-state index contributed by atoms with van der Waals surface area (Å²) in [5, 5.41) is 11.3. The molecule has 4 rings (SSSR count). The first-order chi connectivity index (χ1) is 17.3. The monoisotopic (exact) mass is 484 g/mol. The van der Waals surface area contributed by atoms with Crippen molar-refractivity contribution in [2.45, 2.75) is 26.5 Å². The summed E-state index contributed by atoms with van der Waals surface area (Å²) >= 11 is 0. The second-order valence-corrected chi connectivity index (χ2v) is 9.46. The molecular formula is C30H32N2O4. The van der Waals surface area contributed by atoms with Crippen LogP contribution in [0.15, 0.2) is 78.4 Å². The first kappa shape index (κ1) is 25.2. The summed E-state index contributed by atoms with van der Waals surface area (Å²) in [5.41, 5.74) is 4.33. The van der Waals surface area contributed by atoms with Crippen LogP contribution in [-0.2, 0) is 16.2 Å². The molecule has 1 aliphatic rings. The molecule has 1 N–H and O–H groups in total. The van der Waals surface area contributed by atoms with E-state index in [-0.39, 0.29) is 11.3 Å². The quantitative estimate of drug-likeness (QED) is 0.281. The summed E-state index contributed by atoms with van der Waals surface area (Å²) < 4.78 is 5.96. The van der Waals surface area contributed by atoms with Crippen molar-refractivity contribution in [1.29, 1.82) is 0 Å². The van der Waals surface area contributed by atoms with Gasteiger partial charge in [-0.15, -0.1) is 0 Å². The molecule has 1 amide bonds. The molecule has 0 aliphatic carbocycles.